The summed E-state index contributed by atoms with van der Waals surface area (Å²) in [5, 5.41) is 9.97. The molecule has 21 heavy (non-hydrogen) atoms. The van der Waals surface area contributed by atoms with Crippen molar-refractivity contribution in [2.75, 3.05) is 0 Å². The second-order valence-corrected chi connectivity index (χ2v) is 4.87. The van der Waals surface area contributed by atoms with E-state index in [2.05, 4.69) is 0 Å². The number of phenols is 1. The number of hydrogen-bond acceptors (Lipinski definition) is 2. The van der Waals surface area contributed by atoms with Crippen molar-refractivity contribution < 1.29 is 9.84 Å². The third-order valence-corrected chi connectivity index (χ3v) is 3.43. The first-order chi connectivity index (χ1) is 10.3. The van der Waals surface area contributed by atoms with Gasteiger partial charge in [0.15, 0.2) is 0 Å². The summed E-state index contributed by atoms with van der Waals surface area (Å²) >= 11 is 0. The second-order valence-electron chi connectivity index (χ2n) is 4.87. The van der Waals surface area contributed by atoms with Crippen molar-refractivity contribution in [1.82, 2.24) is 0 Å². The summed E-state index contributed by atoms with van der Waals surface area (Å²) in [6, 6.07) is 23.2. The van der Waals surface area contributed by atoms with Crippen LogP contribution >= 0.6 is 0 Å². The average Bonchev–Trinajstić information content (AvgIpc) is 2.54. The fourth-order valence-electron chi connectivity index (χ4n) is 2.26. The number of benzene rings is 3. The van der Waals surface area contributed by atoms with Crippen molar-refractivity contribution in [3.63, 3.8) is 0 Å². The van der Waals surface area contributed by atoms with Crippen LogP contribution in [0.3, 0.4) is 0 Å². The van der Waals surface area contributed by atoms with E-state index in [1.807, 2.05) is 73.7 Å². The molecule has 0 saturated heterocycles. The van der Waals surface area contributed by atoms with Gasteiger partial charge in [-0.15, -0.1) is 0 Å². The average molecular weight is 276 g/mol. The number of aromatic hydroxyl groups is 1. The van der Waals surface area contributed by atoms with E-state index in [1.54, 1.807) is 6.07 Å². The highest BCUT2D eigenvalue weighted by Crippen LogP contribution is 2.39. The molecule has 0 fully saturated rings. The monoisotopic (exact) mass is 276 g/mol. The molecule has 0 atom stereocenters. The predicted molar refractivity (Wildman–Crippen MR) is 84.8 cm³/mol. The maximum absolute atomic E-state index is 9.97. The second kappa shape index (κ2) is 5.71. The maximum atomic E-state index is 9.97. The Morgan fingerprint density at radius 2 is 1.38 bits per heavy atom. The fraction of sp³-hybridized carbons (Fsp3) is 0.0526. The molecule has 0 saturated carbocycles. The van der Waals surface area contributed by atoms with Gasteiger partial charge in [-0.1, -0.05) is 48.5 Å². The molecule has 0 unspecified atom stereocenters. The Balaban J connectivity index is 2.11. The van der Waals surface area contributed by atoms with Gasteiger partial charge in [-0.25, -0.2) is 0 Å². The van der Waals surface area contributed by atoms with E-state index in [4.69, 9.17) is 4.74 Å². The van der Waals surface area contributed by atoms with Gasteiger partial charge in [0.2, 0.25) is 0 Å². The van der Waals surface area contributed by atoms with Gasteiger partial charge < -0.3 is 9.84 Å². The van der Waals surface area contributed by atoms with Gasteiger partial charge in [-0.2, -0.15) is 0 Å². The van der Waals surface area contributed by atoms with E-state index in [1.165, 1.54) is 0 Å². The zero-order chi connectivity index (χ0) is 14.7. The Morgan fingerprint density at radius 1 is 0.762 bits per heavy atom. The lowest BCUT2D eigenvalue weighted by Gasteiger charge is -2.15. The number of phenolic OH excluding ortho intramolecular Hbond substituents is 1. The van der Waals surface area contributed by atoms with Crippen molar-refractivity contribution >= 4 is 0 Å². The molecule has 3 rings (SSSR count). The van der Waals surface area contributed by atoms with Gasteiger partial charge in [-0.3, -0.25) is 0 Å². The summed E-state index contributed by atoms with van der Waals surface area (Å²) in [6.45, 7) is 1.86. The van der Waals surface area contributed by atoms with Crippen LogP contribution in [0.25, 0.3) is 11.1 Å². The molecule has 1 N–H and O–H groups in total. The molecule has 3 aromatic carbocycles. The molecule has 0 spiro atoms. The number of para-hydroxylation sites is 1. The van der Waals surface area contributed by atoms with Crippen LogP contribution < -0.4 is 4.74 Å². The van der Waals surface area contributed by atoms with Crippen LogP contribution in [0.1, 0.15) is 5.56 Å². The van der Waals surface area contributed by atoms with Crippen LogP contribution in [0.4, 0.5) is 0 Å². The zero-order valence-electron chi connectivity index (χ0n) is 11.8. The number of rotatable bonds is 3. The first-order valence-electron chi connectivity index (χ1n) is 6.86. The van der Waals surface area contributed by atoms with Crippen molar-refractivity contribution in [3.05, 3.63) is 78.4 Å². The minimum atomic E-state index is 0.237. The van der Waals surface area contributed by atoms with Crippen LogP contribution in [0.5, 0.6) is 17.2 Å². The van der Waals surface area contributed by atoms with Crippen LogP contribution in [0, 0.1) is 6.92 Å². The highest BCUT2D eigenvalue weighted by atomic mass is 16.5. The molecule has 2 heteroatoms. The van der Waals surface area contributed by atoms with E-state index < -0.39 is 0 Å². The molecular formula is C19H16O2. The molecule has 0 bridgehead atoms. The smallest absolute Gasteiger partial charge is 0.141 e. The minimum absolute atomic E-state index is 0.237. The van der Waals surface area contributed by atoms with E-state index in [9.17, 15) is 5.11 Å². The Bertz CT molecular complexity index is 734. The van der Waals surface area contributed by atoms with Crippen molar-refractivity contribution in [3.8, 4) is 28.4 Å². The topological polar surface area (TPSA) is 29.5 Å². The summed E-state index contributed by atoms with van der Waals surface area (Å²) in [5.74, 6) is 1.68. The Hall–Kier alpha value is -2.74. The lowest BCUT2D eigenvalue weighted by atomic mass is 10.0. The molecule has 2 nitrogen and oxygen atoms in total. The van der Waals surface area contributed by atoms with Crippen molar-refractivity contribution in [2.45, 2.75) is 6.92 Å². The highest BCUT2D eigenvalue weighted by Gasteiger charge is 2.13. The third-order valence-electron chi connectivity index (χ3n) is 3.43. The molecule has 104 valence electrons. The van der Waals surface area contributed by atoms with Crippen molar-refractivity contribution in [2.24, 2.45) is 0 Å². The SMILES string of the molecule is Cc1c(O)ccc(-c2ccccc2)c1Oc1ccccc1. The molecule has 3 aromatic rings. The maximum Gasteiger partial charge on any atom is 0.141 e. The first kappa shape index (κ1) is 13.3. The quantitative estimate of drug-likeness (QED) is 0.716. The standard InChI is InChI=1S/C19H16O2/c1-14-18(20)13-12-17(15-8-4-2-5-9-15)19(14)21-16-10-6-3-7-11-16/h2-13,20H,1H3. The van der Waals surface area contributed by atoms with Crippen LogP contribution in [0.15, 0.2) is 72.8 Å². The molecule has 0 amide bonds. The highest BCUT2D eigenvalue weighted by molar-refractivity contribution is 5.74. The van der Waals surface area contributed by atoms with Gasteiger partial charge in [0.25, 0.3) is 0 Å². The summed E-state index contributed by atoms with van der Waals surface area (Å²) in [7, 11) is 0. The minimum Gasteiger partial charge on any atom is -0.508 e. The Labute approximate surface area is 124 Å². The van der Waals surface area contributed by atoms with Gasteiger partial charge in [0.1, 0.15) is 17.2 Å². The molecule has 0 aliphatic heterocycles. The molecule has 0 aliphatic rings. The third kappa shape index (κ3) is 2.75. The molecule has 0 aliphatic carbocycles. The predicted octanol–water partition coefficient (Wildman–Crippen LogP) is 5.16. The van der Waals surface area contributed by atoms with Gasteiger partial charge in [-0.05, 0) is 36.8 Å². The largest absolute Gasteiger partial charge is 0.508 e. The van der Waals surface area contributed by atoms with Crippen LogP contribution in [-0.4, -0.2) is 5.11 Å². The Kier molecular flexibility index (Phi) is 3.61. The molecule has 0 radical (unpaired) electrons. The zero-order valence-corrected chi connectivity index (χ0v) is 11.8. The van der Waals surface area contributed by atoms with E-state index in [0.29, 0.717) is 5.75 Å². The summed E-state index contributed by atoms with van der Waals surface area (Å²) in [4.78, 5) is 0. The number of hydrogen-bond donors (Lipinski definition) is 1. The van der Waals surface area contributed by atoms with Crippen molar-refractivity contribution in [1.29, 1.82) is 0 Å². The van der Waals surface area contributed by atoms with E-state index >= 15 is 0 Å². The van der Waals surface area contributed by atoms with Gasteiger partial charge in [0, 0.05) is 11.1 Å². The lowest BCUT2D eigenvalue weighted by molar-refractivity contribution is 0.449. The summed E-state index contributed by atoms with van der Waals surface area (Å²) in [5.41, 5.74) is 2.77. The van der Waals surface area contributed by atoms with Crippen LogP contribution in [-0.2, 0) is 0 Å². The van der Waals surface area contributed by atoms with Crippen LogP contribution in [0.2, 0.25) is 0 Å². The Morgan fingerprint density at radius 3 is 2.05 bits per heavy atom. The fourth-order valence-corrected chi connectivity index (χ4v) is 2.26. The molecular weight excluding hydrogens is 260 g/mol. The molecule has 0 aromatic heterocycles. The van der Waals surface area contributed by atoms with Gasteiger partial charge in [0.05, 0.1) is 0 Å². The van der Waals surface area contributed by atoms with E-state index in [0.717, 1.165) is 22.4 Å². The normalized spacial score (nSPS) is 10.3. The summed E-state index contributed by atoms with van der Waals surface area (Å²) < 4.78 is 6.02. The summed E-state index contributed by atoms with van der Waals surface area (Å²) in [6.07, 6.45) is 0. The van der Waals surface area contributed by atoms with Gasteiger partial charge >= 0.3 is 0 Å². The number of ether oxygens (including phenoxy) is 1. The lowest BCUT2D eigenvalue weighted by Crippen LogP contribution is -1.92. The first-order valence-corrected chi connectivity index (χ1v) is 6.86. The molecule has 0 heterocycles. The van der Waals surface area contributed by atoms with E-state index in [-0.39, 0.29) is 5.75 Å².